The third-order valence-corrected chi connectivity index (χ3v) is 4.24. The highest BCUT2D eigenvalue weighted by molar-refractivity contribution is 8.00. The molecule has 18 heavy (non-hydrogen) atoms. The standard InChI is InChI=1S/C13H18N2OS2/c1-3-13(2,12(14)17)15-11(16)9-18-10-7-5-4-6-8-10/h4-8H,3,9H2,1-2H3,(H2,14,17)(H,15,16). The molecule has 3 nitrogen and oxygen atoms in total. The van der Waals surface area contributed by atoms with Gasteiger partial charge in [0.15, 0.2) is 0 Å². The second kappa shape index (κ2) is 6.75. The summed E-state index contributed by atoms with van der Waals surface area (Å²) in [6, 6.07) is 9.80. The van der Waals surface area contributed by atoms with Crippen molar-refractivity contribution in [3.05, 3.63) is 30.3 Å². The maximum absolute atomic E-state index is 11.8. The quantitative estimate of drug-likeness (QED) is 0.621. The van der Waals surface area contributed by atoms with Crippen LogP contribution in [-0.4, -0.2) is 22.2 Å². The monoisotopic (exact) mass is 282 g/mol. The number of thioether (sulfide) groups is 1. The Morgan fingerprint density at radius 3 is 2.56 bits per heavy atom. The second-order valence-electron chi connectivity index (χ2n) is 4.20. The normalized spacial score (nSPS) is 13.7. The number of hydrogen-bond donors (Lipinski definition) is 2. The molecule has 0 radical (unpaired) electrons. The fraction of sp³-hybridized carbons (Fsp3) is 0.385. The number of amides is 1. The van der Waals surface area contributed by atoms with E-state index in [1.54, 1.807) is 0 Å². The Morgan fingerprint density at radius 2 is 2.06 bits per heavy atom. The summed E-state index contributed by atoms with van der Waals surface area (Å²) >= 11 is 6.48. The van der Waals surface area contributed by atoms with Gasteiger partial charge in [0.2, 0.25) is 5.91 Å². The average molecular weight is 282 g/mol. The minimum absolute atomic E-state index is 0.0546. The molecule has 1 amide bonds. The summed E-state index contributed by atoms with van der Waals surface area (Å²) < 4.78 is 0. The lowest BCUT2D eigenvalue weighted by atomic mass is 9.99. The molecule has 0 aliphatic rings. The van der Waals surface area contributed by atoms with Gasteiger partial charge in [-0.05, 0) is 25.5 Å². The molecule has 1 unspecified atom stereocenters. The van der Waals surface area contributed by atoms with Gasteiger partial charge in [-0.1, -0.05) is 37.3 Å². The van der Waals surface area contributed by atoms with Crippen LogP contribution >= 0.6 is 24.0 Å². The van der Waals surface area contributed by atoms with E-state index in [-0.39, 0.29) is 5.91 Å². The first-order chi connectivity index (χ1) is 8.48. The van der Waals surface area contributed by atoms with E-state index in [1.807, 2.05) is 44.2 Å². The summed E-state index contributed by atoms with van der Waals surface area (Å²) in [5.74, 6) is 0.309. The van der Waals surface area contributed by atoms with E-state index in [2.05, 4.69) is 5.32 Å². The number of nitrogens with one attached hydrogen (secondary N) is 1. The number of thiocarbonyl (C=S) groups is 1. The summed E-state index contributed by atoms with van der Waals surface area (Å²) in [6.07, 6.45) is 0.685. The van der Waals surface area contributed by atoms with Gasteiger partial charge in [-0.25, -0.2) is 0 Å². The molecular weight excluding hydrogens is 264 g/mol. The Kier molecular flexibility index (Phi) is 5.62. The number of rotatable bonds is 6. The second-order valence-corrected chi connectivity index (χ2v) is 5.69. The van der Waals surface area contributed by atoms with Crippen molar-refractivity contribution in [2.75, 3.05) is 5.75 Å². The van der Waals surface area contributed by atoms with E-state index in [0.29, 0.717) is 17.2 Å². The van der Waals surface area contributed by atoms with Gasteiger partial charge in [-0.2, -0.15) is 0 Å². The maximum Gasteiger partial charge on any atom is 0.231 e. The van der Waals surface area contributed by atoms with Crippen LogP contribution in [0, 0.1) is 0 Å². The van der Waals surface area contributed by atoms with Crippen molar-refractivity contribution in [1.29, 1.82) is 0 Å². The van der Waals surface area contributed by atoms with Crippen molar-refractivity contribution >= 4 is 34.9 Å². The van der Waals surface area contributed by atoms with Crippen LogP contribution in [0.2, 0.25) is 0 Å². The molecule has 1 rings (SSSR count). The number of carbonyl (C=O) groups is 1. The van der Waals surface area contributed by atoms with Crippen molar-refractivity contribution in [3.63, 3.8) is 0 Å². The predicted molar refractivity (Wildman–Crippen MR) is 80.8 cm³/mol. The van der Waals surface area contributed by atoms with E-state index in [9.17, 15) is 4.79 Å². The molecule has 0 aromatic heterocycles. The molecule has 1 aromatic carbocycles. The van der Waals surface area contributed by atoms with Crippen LogP contribution in [0.15, 0.2) is 35.2 Å². The largest absolute Gasteiger partial charge is 0.391 e. The molecule has 98 valence electrons. The fourth-order valence-corrected chi connectivity index (χ4v) is 2.25. The van der Waals surface area contributed by atoms with Crippen LogP contribution in [0.4, 0.5) is 0 Å². The van der Waals surface area contributed by atoms with Gasteiger partial charge in [0.1, 0.15) is 0 Å². The lowest BCUT2D eigenvalue weighted by Crippen LogP contribution is -2.54. The van der Waals surface area contributed by atoms with Gasteiger partial charge in [-0.15, -0.1) is 11.8 Å². The number of carbonyl (C=O) groups excluding carboxylic acids is 1. The van der Waals surface area contributed by atoms with Gasteiger partial charge < -0.3 is 11.1 Å². The zero-order valence-corrected chi connectivity index (χ0v) is 12.2. The summed E-state index contributed by atoms with van der Waals surface area (Å²) in [6.45, 7) is 3.80. The van der Waals surface area contributed by atoms with Crippen molar-refractivity contribution in [2.24, 2.45) is 5.73 Å². The molecule has 0 saturated carbocycles. The number of benzene rings is 1. The average Bonchev–Trinajstić information content (AvgIpc) is 2.37. The Bertz CT molecular complexity index is 422. The van der Waals surface area contributed by atoms with Crippen molar-refractivity contribution in [3.8, 4) is 0 Å². The van der Waals surface area contributed by atoms with Gasteiger partial charge in [0, 0.05) is 4.90 Å². The highest BCUT2D eigenvalue weighted by Gasteiger charge is 2.27. The Hall–Kier alpha value is -1.07. The zero-order valence-electron chi connectivity index (χ0n) is 10.6. The van der Waals surface area contributed by atoms with E-state index >= 15 is 0 Å². The third-order valence-electron chi connectivity index (χ3n) is 2.78. The lowest BCUT2D eigenvalue weighted by Gasteiger charge is -2.28. The molecule has 0 spiro atoms. The molecule has 0 aliphatic heterocycles. The minimum Gasteiger partial charge on any atom is -0.391 e. The fourth-order valence-electron chi connectivity index (χ4n) is 1.33. The van der Waals surface area contributed by atoms with Gasteiger partial charge in [-0.3, -0.25) is 4.79 Å². The summed E-state index contributed by atoms with van der Waals surface area (Å²) in [5, 5.41) is 2.89. The van der Waals surface area contributed by atoms with Crippen molar-refractivity contribution in [1.82, 2.24) is 5.32 Å². The van der Waals surface area contributed by atoms with Gasteiger partial charge in [0.25, 0.3) is 0 Å². The Morgan fingerprint density at radius 1 is 1.44 bits per heavy atom. The smallest absolute Gasteiger partial charge is 0.231 e. The number of nitrogens with two attached hydrogens (primary N) is 1. The molecule has 0 aliphatic carbocycles. The molecular formula is C13H18N2OS2. The van der Waals surface area contributed by atoms with E-state index in [1.165, 1.54) is 11.8 Å². The molecule has 0 fully saturated rings. The van der Waals surface area contributed by atoms with E-state index in [0.717, 1.165) is 4.90 Å². The molecule has 3 N–H and O–H groups in total. The van der Waals surface area contributed by atoms with Crippen LogP contribution in [0.5, 0.6) is 0 Å². The van der Waals surface area contributed by atoms with E-state index < -0.39 is 5.54 Å². The van der Waals surface area contributed by atoms with Crippen LogP contribution in [0.3, 0.4) is 0 Å². The highest BCUT2D eigenvalue weighted by atomic mass is 32.2. The molecule has 0 bridgehead atoms. The minimum atomic E-state index is -0.594. The number of hydrogen-bond acceptors (Lipinski definition) is 3. The third kappa shape index (κ3) is 4.31. The molecule has 0 heterocycles. The van der Waals surface area contributed by atoms with Crippen LogP contribution in [0.25, 0.3) is 0 Å². The van der Waals surface area contributed by atoms with Crippen LogP contribution < -0.4 is 11.1 Å². The molecule has 1 aromatic rings. The highest BCUT2D eigenvalue weighted by Crippen LogP contribution is 2.17. The lowest BCUT2D eigenvalue weighted by molar-refractivity contribution is -0.119. The molecule has 0 saturated heterocycles. The summed E-state index contributed by atoms with van der Waals surface area (Å²) in [7, 11) is 0. The van der Waals surface area contributed by atoms with Crippen molar-refractivity contribution in [2.45, 2.75) is 30.7 Å². The Labute approximate surface area is 118 Å². The van der Waals surface area contributed by atoms with Crippen molar-refractivity contribution < 1.29 is 4.79 Å². The predicted octanol–water partition coefficient (Wildman–Crippen LogP) is 2.35. The van der Waals surface area contributed by atoms with Crippen LogP contribution in [-0.2, 0) is 4.79 Å². The van der Waals surface area contributed by atoms with Gasteiger partial charge >= 0.3 is 0 Å². The zero-order chi connectivity index (χ0) is 13.6. The maximum atomic E-state index is 11.8. The van der Waals surface area contributed by atoms with Crippen LogP contribution in [0.1, 0.15) is 20.3 Å². The first-order valence-corrected chi connectivity index (χ1v) is 7.16. The first kappa shape index (κ1) is 15.0. The Balaban J connectivity index is 2.49. The van der Waals surface area contributed by atoms with E-state index in [4.69, 9.17) is 18.0 Å². The van der Waals surface area contributed by atoms with Gasteiger partial charge in [0.05, 0.1) is 16.3 Å². The summed E-state index contributed by atoms with van der Waals surface area (Å²) in [5.41, 5.74) is 5.05. The summed E-state index contributed by atoms with van der Waals surface area (Å²) in [4.78, 5) is 13.2. The molecule has 5 heteroatoms. The first-order valence-electron chi connectivity index (χ1n) is 5.76. The SMILES string of the molecule is CCC(C)(NC(=O)CSc1ccccc1)C(N)=S. The molecule has 1 atom stereocenters. The topological polar surface area (TPSA) is 55.1 Å².